The van der Waals surface area contributed by atoms with Crippen molar-refractivity contribution in [2.45, 2.75) is 24.4 Å². The molecule has 1 fully saturated rings. The summed E-state index contributed by atoms with van der Waals surface area (Å²) in [7, 11) is 1.30. The van der Waals surface area contributed by atoms with E-state index in [-0.39, 0.29) is 12.5 Å². The van der Waals surface area contributed by atoms with Crippen LogP contribution in [-0.2, 0) is 24.5 Å². The average molecular weight is 342 g/mol. The zero-order chi connectivity index (χ0) is 16.9. The largest absolute Gasteiger partial charge is 0.479 e. The first kappa shape index (κ1) is 17.7. The molecule has 0 aliphatic carbocycles. The van der Waals surface area contributed by atoms with E-state index in [1.54, 1.807) is 18.2 Å². The summed E-state index contributed by atoms with van der Waals surface area (Å²) < 4.78 is 10.2. The number of benzene rings is 1. The van der Waals surface area contributed by atoms with Gasteiger partial charge in [0.15, 0.2) is 6.10 Å². The van der Waals surface area contributed by atoms with Crippen molar-refractivity contribution < 1.29 is 24.2 Å². The lowest BCUT2D eigenvalue weighted by molar-refractivity contribution is -0.148. The SMILES string of the molecule is COC(CNC(=O)C1(c2cccc(Cl)c2)CCOCC1)C(=O)O. The molecular weight excluding hydrogens is 322 g/mol. The van der Waals surface area contributed by atoms with Crippen LogP contribution in [0.25, 0.3) is 0 Å². The Kier molecular flexibility index (Phi) is 5.98. The highest BCUT2D eigenvalue weighted by Gasteiger charge is 2.42. The normalized spacial score (nSPS) is 18.2. The molecule has 1 aliphatic rings. The quantitative estimate of drug-likeness (QED) is 0.821. The van der Waals surface area contributed by atoms with E-state index in [4.69, 9.17) is 26.2 Å². The number of ether oxygens (including phenoxy) is 2. The molecule has 1 saturated heterocycles. The van der Waals surface area contributed by atoms with Crippen LogP contribution < -0.4 is 5.32 Å². The summed E-state index contributed by atoms with van der Waals surface area (Å²) in [5, 5.41) is 12.3. The summed E-state index contributed by atoms with van der Waals surface area (Å²) in [6, 6.07) is 7.19. The van der Waals surface area contributed by atoms with E-state index in [1.165, 1.54) is 7.11 Å². The van der Waals surface area contributed by atoms with Crippen LogP contribution in [0, 0.1) is 0 Å². The van der Waals surface area contributed by atoms with E-state index >= 15 is 0 Å². The van der Waals surface area contributed by atoms with E-state index in [2.05, 4.69) is 5.32 Å². The van der Waals surface area contributed by atoms with E-state index < -0.39 is 17.5 Å². The maximum Gasteiger partial charge on any atom is 0.334 e. The molecule has 1 heterocycles. The molecule has 1 amide bonds. The van der Waals surface area contributed by atoms with Crippen LogP contribution >= 0.6 is 11.6 Å². The van der Waals surface area contributed by atoms with Crippen molar-refractivity contribution in [3.63, 3.8) is 0 Å². The van der Waals surface area contributed by atoms with Crippen molar-refractivity contribution in [2.75, 3.05) is 26.9 Å². The van der Waals surface area contributed by atoms with E-state index in [9.17, 15) is 9.59 Å². The first-order valence-electron chi connectivity index (χ1n) is 7.37. The van der Waals surface area contributed by atoms with Crippen LogP contribution in [0.2, 0.25) is 5.02 Å². The standard InChI is InChI=1S/C16H20ClNO5/c1-22-13(14(19)20)10-18-15(21)16(5-7-23-8-6-16)11-3-2-4-12(17)9-11/h2-4,9,13H,5-8,10H2,1H3,(H,18,21)(H,19,20). The Morgan fingerprint density at radius 3 is 2.70 bits per heavy atom. The highest BCUT2D eigenvalue weighted by atomic mass is 35.5. The Morgan fingerprint density at radius 2 is 2.13 bits per heavy atom. The Morgan fingerprint density at radius 1 is 1.43 bits per heavy atom. The van der Waals surface area contributed by atoms with Gasteiger partial charge in [0.2, 0.25) is 5.91 Å². The molecule has 2 N–H and O–H groups in total. The van der Waals surface area contributed by atoms with E-state index in [0.717, 1.165) is 5.56 Å². The molecular formula is C16H20ClNO5. The molecule has 23 heavy (non-hydrogen) atoms. The van der Waals surface area contributed by atoms with Crippen LogP contribution in [0.15, 0.2) is 24.3 Å². The molecule has 1 unspecified atom stereocenters. The third-order valence-corrected chi connectivity index (χ3v) is 4.40. The Hall–Kier alpha value is -1.63. The molecule has 1 atom stereocenters. The fraction of sp³-hybridized carbons (Fsp3) is 0.500. The third-order valence-electron chi connectivity index (χ3n) is 4.17. The monoisotopic (exact) mass is 341 g/mol. The summed E-state index contributed by atoms with van der Waals surface area (Å²) in [6.45, 7) is 0.840. The molecule has 0 aromatic heterocycles. The minimum absolute atomic E-state index is 0.0894. The first-order chi connectivity index (χ1) is 11.0. The predicted molar refractivity (Wildman–Crippen MR) is 84.6 cm³/mol. The molecule has 1 aliphatic heterocycles. The third kappa shape index (κ3) is 4.02. The van der Waals surface area contributed by atoms with Gasteiger partial charge in [-0.3, -0.25) is 4.79 Å². The lowest BCUT2D eigenvalue weighted by atomic mass is 9.73. The molecule has 0 spiro atoms. The number of rotatable bonds is 6. The van der Waals surface area contributed by atoms with Gasteiger partial charge >= 0.3 is 5.97 Å². The van der Waals surface area contributed by atoms with Crippen LogP contribution in [0.3, 0.4) is 0 Å². The van der Waals surface area contributed by atoms with Gasteiger partial charge in [0.25, 0.3) is 0 Å². The van der Waals surface area contributed by atoms with Gasteiger partial charge in [-0.15, -0.1) is 0 Å². The van der Waals surface area contributed by atoms with Crippen molar-refractivity contribution >= 4 is 23.5 Å². The van der Waals surface area contributed by atoms with Crippen molar-refractivity contribution in [2.24, 2.45) is 0 Å². The molecule has 1 aromatic rings. The molecule has 6 nitrogen and oxygen atoms in total. The van der Waals surface area contributed by atoms with Gasteiger partial charge in [-0.1, -0.05) is 23.7 Å². The van der Waals surface area contributed by atoms with Gasteiger partial charge < -0.3 is 19.9 Å². The minimum atomic E-state index is -1.11. The number of carbonyl (C=O) groups excluding carboxylic acids is 1. The lowest BCUT2D eigenvalue weighted by Gasteiger charge is -2.36. The Labute approximate surface area is 139 Å². The highest BCUT2D eigenvalue weighted by Crippen LogP contribution is 2.36. The number of methoxy groups -OCH3 is 1. The second kappa shape index (κ2) is 7.77. The zero-order valence-corrected chi connectivity index (χ0v) is 13.6. The summed E-state index contributed by atoms with van der Waals surface area (Å²) in [4.78, 5) is 23.8. The molecule has 126 valence electrons. The molecule has 2 rings (SSSR count). The summed E-state index contributed by atoms with van der Waals surface area (Å²) in [5.41, 5.74) is 0.0510. The molecule has 0 bridgehead atoms. The first-order valence-corrected chi connectivity index (χ1v) is 7.75. The van der Waals surface area contributed by atoms with E-state index in [1.807, 2.05) is 6.07 Å². The van der Waals surface area contributed by atoms with Gasteiger partial charge in [-0.2, -0.15) is 0 Å². The topological polar surface area (TPSA) is 84.9 Å². The van der Waals surface area contributed by atoms with Crippen molar-refractivity contribution in [3.8, 4) is 0 Å². The van der Waals surface area contributed by atoms with Crippen molar-refractivity contribution in [3.05, 3.63) is 34.9 Å². The fourth-order valence-electron chi connectivity index (χ4n) is 2.78. The van der Waals surface area contributed by atoms with E-state index in [0.29, 0.717) is 31.1 Å². The Bertz CT molecular complexity index is 571. The number of carboxylic acid groups (broad SMARTS) is 1. The summed E-state index contributed by atoms with van der Waals surface area (Å²) in [6.07, 6.45) is -0.0384. The van der Waals surface area contributed by atoms with Crippen molar-refractivity contribution in [1.82, 2.24) is 5.32 Å². The van der Waals surface area contributed by atoms with Crippen LogP contribution in [0.1, 0.15) is 18.4 Å². The predicted octanol–water partition coefficient (Wildman–Crippen LogP) is 1.60. The number of aliphatic carboxylic acids is 1. The molecule has 7 heteroatoms. The number of nitrogens with one attached hydrogen (secondary N) is 1. The van der Waals surface area contributed by atoms with Gasteiger partial charge in [0.05, 0.1) is 12.0 Å². The Balaban J connectivity index is 2.21. The molecule has 0 saturated carbocycles. The zero-order valence-electron chi connectivity index (χ0n) is 12.9. The fourth-order valence-corrected chi connectivity index (χ4v) is 2.97. The number of hydrogen-bond donors (Lipinski definition) is 2. The maximum atomic E-state index is 12.8. The van der Waals surface area contributed by atoms with Gasteiger partial charge in [0.1, 0.15) is 0 Å². The maximum absolute atomic E-state index is 12.8. The van der Waals surface area contributed by atoms with Crippen LogP contribution in [0.4, 0.5) is 0 Å². The van der Waals surface area contributed by atoms with Gasteiger partial charge in [-0.25, -0.2) is 4.79 Å². The van der Waals surface area contributed by atoms with Crippen molar-refractivity contribution in [1.29, 1.82) is 0 Å². The molecule has 1 aromatic carbocycles. The number of amides is 1. The lowest BCUT2D eigenvalue weighted by Crippen LogP contribution is -2.50. The number of carbonyl (C=O) groups is 2. The number of carboxylic acids is 1. The molecule has 0 radical (unpaired) electrons. The number of halogens is 1. The van der Waals surface area contributed by atoms with Gasteiger partial charge in [-0.05, 0) is 30.5 Å². The number of hydrogen-bond acceptors (Lipinski definition) is 4. The average Bonchev–Trinajstić information content (AvgIpc) is 2.55. The second-order valence-electron chi connectivity index (χ2n) is 5.48. The van der Waals surface area contributed by atoms with Crippen LogP contribution in [0.5, 0.6) is 0 Å². The summed E-state index contributed by atoms with van der Waals surface area (Å²) >= 11 is 6.06. The van der Waals surface area contributed by atoms with Gasteiger partial charge in [0, 0.05) is 25.3 Å². The summed E-state index contributed by atoms with van der Waals surface area (Å²) in [5.74, 6) is -1.34. The van der Waals surface area contributed by atoms with Crippen LogP contribution in [-0.4, -0.2) is 50.0 Å². The smallest absolute Gasteiger partial charge is 0.334 e. The second-order valence-corrected chi connectivity index (χ2v) is 5.91. The minimum Gasteiger partial charge on any atom is -0.479 e. The highest BCUT2D eigenvalue weighted by molar-refractivity contribution is 6.30.